The number of thiazole rings is 1. The molecule has 7 nitrogen and oxygen atoms in total. The molecule has 0 spiro atoms. The van der Waals surface area contributed by atoms with E-state index >= 15 is 0 Å². The molecule has 0 bridgehead atoms. The number of sulfonamides is 1. The molecular weight excluding hydrogens is 434 g/mol. The number of benzene rings is 2. The summed E-state index contributed by atoms with van der Waals surface area (Å²) in [7, 11) is -1.94. The van der Waals surface area contributed by atoms with Crippen LogP contribution in [-0.4, -0.2) is 43.3 Å². The molecule has 0 saturated heterocycles. The molecule has 0 unspecified atom stereocenters. The minimum atomic E-state index is -3.57. The van der Waals surface area contributed by atoms with Gasteiger partial charge in [0.15, 0.2) is 5.13 Å². The third kappa shape index (κ3) is 4.44. The van der Waals surface area contributed by atoms with E-state index in [9.17, 15) is 13.2 Å². The molecule has 164 valence electrons. The number of rotatable bonds is 7. The van der Waals surface area contributed by atoms with E-state index in [0.29, 0.717) is 28.6 Å². The van der Waals surface area contributed by atoms with Gasteiger partial charge in [-0.15, -0.1) is 0 Å². The summed E-state index contributed by atoms with van der Waals surface area (Å²) < 4.78 is 33.7. The second kappa shape index (κ2) is 8.94. The molecule has 1 aromatic heterocycles. The molecule has 31 heavy (non-hydrogen) atoms. The van der Waals surface area contributed by atoms with Crippen molar-refractivity contribution in [3.8, 4) is 5.75 Å². The molecule has 0 atom stereocenters. The molecule has 4 rings (SSSR count). The third-order valence-electron chi connectivity index (χ3n) is 5.53. The maximum Gasteiger partial charge on any atom is 0.257 e. The quantitative estimate of drug-likeness (QED) is 0.562. The average Bonchev–Trinajstić information content (AvgIpc) is 3.43. The highest BCUT2D eigenvalue weighted by Crippen LogP contribution is 2.32. The molecule has 1 amide bonds. The number of anilines is 1. The van der Waals surface area contributed by atoms with E-state index in [1.54, 1.807) is 7.05 Å². The molecule has 1 fully saturated rings. The first-order valence-corrected chi connectivity index (χ1v) is 12.6. The number of fused-ring (bicyclic) bond motifs is 1. The molecule has 9 heteroatoms. The van der Waals surface area contributed by atoms with Gasteiger partial charge in [-0.3, -0.25) is 10.1 Å². The van der Waals surface area contributed by atoms with Gasteiger partial charge in [0.05, 0.1) is 16.2 Å². The Kier molecular flexibility index (Phi) is 6.27. The lowest BCUT2D eigenvalue weighted by molar-refractivity contribution is 0.102. The smallest absolute Gasteiger partial charge is 0.257 e. The van der Waals surface area contributed by atoms with Gasteiger partial charge in [-0.1, -0.05) is 30.2 Å². The van der Waals surface area contributed by atoms with Gasteiger partial charge in [-0.05, 0) is 56.2 Å². The highest BCUT2D eigenvalue weighted by molar-refractivity contribution is 7.89. The van der Waals surface area contributed by atoms with Crippen molar-refractivity contribution in [1.82, 2.24) is 9.29 Å². The Bertz CT molecular complexity index is 1180. The fraction of sp³-hybridized carbons (Fsp3) is 0.364. The van der Waals surface area contributed by atoms with Crippen LogP contribution in [0.3, 0.4) is 0 Å². The number of hydrogen-bond acceptors (Lipinski definition) is 6. The third-order valence-corrected chi connectivity index (χ3v) is 8.40. The molecule has 1 heterocycles. The molecule has 1 aliphatic carbocycles. The van der Waals surface area contributed by atoms with Gasteiger partial charge in [-0.2, -0.15) is 4.31 Å². The Balaban J connectivity index is 1.50. The van der Waals surface area contributed by atoms with E-state index in [1.807, 2.05) is 25.1 Å². The largest absolute Gasteiger partial charge is 0.492 e. The van der Waals surface area contributed by atoms with Crippen molar-refractivity contribution < 1.29 is 17.9 Å². The first kappa shape index (κ1) is 21.7. The van der Waals surface area contributed by atoms with Crippen LogP contribution in [0, 0.1) is 0 Å². The van der Waals surface area contributed by atoms with Crippen LogP contribution in [0.15, 0.2) is 47.4 Å². The number of para-hydroxylation sites is 1. The molecule has 0 radical (unpaired) electrons. The van der Waals surface area contributed by atoms with E-state index in [1.165, 1.54) is 39.9 Å². The molecule has 1 saturated carbocycles. The normalized spacial score (nSPS) is 14.9. The summed E-state index contributed by atoms with van der Waals surface area (Å²) in [5.74, 6) is 0.336. The Morgan fingerprint density at radius 1 is 1.19 bits per heavy atom. The van der Waals surface area contributed by atoms with E-state index in [4.69, 9.17) is 4.74 Å². The van der Waals surface area contributed by atoms with Crippen LogP contribution in [0.2, 0.25) is 0 Å². The maximum absolute atomic E-state index is 12.9. The SMILES string of the molecule is CCOc1cccc2sc(NC(=O)c3ccc(S(=O)(=O)N(C)C4CCCC4)cc3)nc12. The Morgan fingerprint density at radius 2 is 1.90 bits per heavy atom. The van der Waals surface area contributed by atoms with Gasteiger partial charge >= 0.3 is 0 Å². The average molecular weight is 460 g/mol. The summed E-state index contributed by atoms with van der Waals surface area (Å²) in [6.07, 6.45) is 3.90. The molecule has 0 aliphatic heterocycles. The zero-order chi connectivity index (χ0) is 22.0. The summed E-state index contributed by atoms with van der Waals surface area (Å²) in [6, 6.07) is 11.7. The minimum absolute atomic E-state index is 0.0496. The van der Waals surface area contributed by atoms with Crippen molar-refractivity contribution >= 4 is 42.6 Å². The van der Waals surface area contributed by atoms with Crippen molar-refractivity contribution in [2.75, 3.05) is 19.0 Å². The Morgan fingerprint density at radius 3 is 2.58 bits per heavy atom. The lowest BCUT2D eigenvalue weighted by Gasteiger charge is -2.23. The summed E-state index contributed by atoms with van der Waals surface area (Å²) in [4.78, 5) is 17.3. The highest BCUT2D eigenvalue weighted by atomic mass is 32.2. The lowest BCUT2D eigenvalue weighted by Crippen LogP contribution is -2.35. The zero-order valence-electron chi connectivity index (χ0n) is 17.5. The summed E-state index contributed by atoms with van der Waals surface area (Å²) >= 11 is 1.36. The van der Waals surface area contributed by atoms with Crippen molar-refractivity contribution in [3.63, 3.8) is 0 Å². The van der Waals surface area contributed by atoms with Gasteiger partial charge in [0.25, 0.3) is 5.91 Å². The van der Waals surface area contributed by atoms with E-state index < -0.39 is 10.0 Å². The second-order valence-electron chi connectivity index (χ2n) is 7.49. The van der Waals surface area contributed by atoms with Crippen LogP contribution in [0.4, 0.5) is 5.13 Å². The molecule has 3 aromatic rings. The second-order valence-corrected chi connectivity index (χ2v) is 10.5. The van der Waals surface area contributed by atoms with Gasteiger partial charge in [-0.25, -0.2) is 13.4 Å². The standard InChI is InChI=1S/C22H25N3O4S2/c1-3-29-18-9-6-10-19-20(18)23-22(30-19)24-21(26)15-11-13-17(14-12-15)31(27,28)25(2)16-7-4-5-8-16/h6,9-14,16H,3-5,7-8H2,1-2H3,(H,23,24,26). The van der Waals surface area contributed by atoms with Crippen molar-refractivity contribution in [2.24, 2.45) is 0 Å². The Labute approximate surface area is 186 Å². The van der Waals surface area contributed by atoms with Crippen LogP contribution < -0.4 is 10.1 Å². The zero-order valence-corrected chi connectivity index (χ0v) is 19.1. The number of amides is 1. The van der Waals surface area contributed by atoms with E-state index in [0.717, 1.165) is 30.4 Å². The van der Waals surface area contributed by atoms with Crippen LogP contribution >= 0.6 is 11.3 Å². The predicted octanol–water partition coefficient (Wildman–Crippen LogP) is 4.51. The topological polar surface area (TPSA) is 88.6 Å². The monoisotopic (exact) mass is 459 g/mol. The number of aromatic nitrogens is 1. The molecule has 1 aliphatic rings. The number of carbonyl (C=O) groups is 1. The number of hydrogen-bond donors (Lipinski definition) is 1. The van der Waals surface area contributed by atoms with E-state index in [-0.39, 0.29) is 16.8 Å². The summed E-state index contributed by atoms with van der Waals surface area (Å²) in [5.41, 5.74) is 1.08. The van der Waals surface area contributed by atoms with Crippen molar-refractivity contribution in [1.29, 1.82) is 0 Å². The fourth-order valence-electron chi connectivity index (χ4n) is 3.83. The fourth-order valence-corrected chi connectivity index (χ4v) is 6.12. The number of carbonyl (C=O) groups excluding carboxylic acids is 1. The molecular formula is C22H25N3O4S2. The maximum atomic E-state index is 12.9. The van der Waals surface area contributed by atoms with Gasteiger partial charge in [0.1, 0.15) is 11.3 Å². The Hall–Kier alpha value is -2.49. The highest BCUT2D eigenvalue weighted by Gasteiger charge is 2.30. The first-order valence-electron chi connectivity index (χ1n) is 10.3. The predicted molar refractivity (Wildman–Crippen MR) is 122 cm³/mol. The number of ether oxygens (including phenoxy) is 1. The van der Waals surface area contributed by atoms with Crippen molar-refractivity contribution in [3.05, 3.63) is 48.0 Å². The molecule has 2 aromatic carbocycles. The number of nitrogens with zero attached hydrogens (tertiary/aromatic N) is 2. The van der Waals surface area contributed by atoms with E-state index in [2.05, 4.69) is 10.3 Å². The van der Waals surface area contributed by atoms with Gasteiger partial charge in [0.2, 0.25) is 10.0 Å². The van der Waals surface area contributed by atoms with Gasteiger partial charge < -0.3 is 4.74 Å². The minimum Gasteiger partial charge on any atom is -0.492 e. The number of nitrogens with one attached hydrogen (secondary N) is 1. The first-order chi connectivity index (χ1) is 14.9. The van der Waals surface area contributed by atoms with Crippen LogP contribution in [0.25, 0.3) is 10.2 Å². The summed E-state index contributed by atoms with van der Waals surface area (Å²) in [6.45, 7) is 2.44. The van der Waals surface area contributed by atoms with Crippen LogP contribution in [0.1, 0.15) is 43.0 Å². The van der Waals surface area contributed by atoms with Gasteiger partial charge in [0, 0.05) is 18.7 Å². The molecule has 1 N–H and O–H groups in total. The van der Waals surface area contributed by atoms with Crippen LogP contribution in [-0.2, 0) is 10.0 Å². The summed E-state index contributed by atoms with van der Waals surface area (Å²) in [5, 5.41) is 3.26. The lowest BCUT2D eigenvalue weighted by atomic mass is 10.2. The van der Waals surface area contributed by atoms with Crippen LogP contribution in [0.5, 0.6) is 5.75 Å². The van der Waals surface area contributed by atoms with Crippen molar-refractivity contribution in [2.45, 2.75) is 43.5 Å².